The van der Waals surface area contributed by atoms with Crippen molar-refractivity contribution in [3.63, 3.8) is 0 Å². The molecule has 0 radical (unpaired) electrons. The Hall–Kier alpha value is -1.68. The van der Waals surface area contributed by atoms with Crippen LogP contribution in [0.15, 0.2) is 53.3 Å². The van der Waals surface area contributed by atoms with Crippen LogP contribution in [-0.4, -0.2) is 5.78 Å². The van der Waals surface area contributed by atoms with E-state index in [4.69, 9.17) is 23.2 Å². The molecule has 1 heterocycles. The Labute approximate surface area is 140 Å². The number of ketones is 1. The van der Waals surface area contributed by atoms with E-state index in [9.17, 15) is 9.59 Å². The molecule has 0 atom stereocenters. The minimum atomic E-state index is -0.240. The molecule has 0 N–H and O–H groups in total. The molecule has 22 heavy (non-hydrogen) atoms. The Morgan fingerprint density at radius 3 is 2.59 bits per heavy atom. The second-order valence-electron chi connectivity index (χ2n) is 4.82. The van der Waals surface area contributed by atoms with Gasteiger partial charge in [0.05, 0.1) is 5.56 Å². The van der Waals surface area contributed by atoms with Crippen LogP contribution in [0.3, 0.4) is 0 Å². The van der Waals surface area contributed by atoms with Crippen LogP contribution >= 0.6 is 34.5 Å². The van der Waals surface area contributed by atoms with Gasteiger partial charge in [0.25, 0.3) is 0 Å². The molecule has 2 nitrogen and oxygen atoms in total. The van der Waals surface area contributed by atoms with Crippen molar-refractivity contribution in [2.45, 2.75) is 6.42 Å². The number of benzene rings is 2. The van der Waals surface area contributed by atoms with Crippen LogP contribution in [0.4, 0.5) is 0 Å². The van der Waals surface area contributed by atoms with Crippen LogP contribution < -0.4 is 4.74 Å². The summed E-state index contributed by atoms with van der Waals surface area (Å²) in [5.41, 5.74) is 0.864. The fourth-order valence-electron chi connectivity index (χ4n) is 2.19. The molecule has 1 aromatic heterocycles. The highest BCUT2D eigenvalue weighted by molar-refractivity contribution is 7.16. The number of hydrogen-bond acceptors (Lipinski definition) is 3. The quantitative estimate of drug-likeness (QED) is 0.624. The average Bonchev–Trinajstić information content (AvgIpc) is 2.49. The summed E-state index contributed by atoms with van der Waals surface area (Å²) in [5.74, 6) is -0.240. The molecule has 5 heteroatoms. The van der Waals surface area contributed by atoms with Gasteiger partial charge >= 0.3 is 0 Å². The number of halogens is 2. The monoisotopic (exact) mass is 348 g/mol. The summed E-state index contributed by atoms with van der Waals surface area (Å²) in [6.45, 7) is 0. The molecule has 0 fully saturated rings. The van der Waals surface area contributed by atoms with E-state index in [1.807, 2.05) is 24.3 Å². The van der Waals surface area contributed by atoms with Crippen LogP contribution in [0, 0.1) is 0 Å². The average molecular weight is 349 g/mol. The first kappa shape index (κ1) is 15.2. The van der Waals surface area contributed by atoms with Crippen molar-refractivity contribution in [3.8, 4) is 0 Å². The minimum absolute atomic E-state index is 0.0797. The second kappa shape index (κ2) is 6.21. The van der Waals surface area contributed by atoms with Crippen molar-refractivity contribution in [3.05, 3.63) is 79.2 Å². The maximum Gasteiger partial charge on any atom is 0.243 e. The van der Waals surface area contributed by atoms with E-state index in [1.54, 1.807) is 24.3 Å². The number of carbonyl (C=O) groups excluding carboxylic acids is 1. The molecular formula is C17H10Cl2O2S. The van der Waals surface area contributed by atoms with Crippen molar-refractivity contribution in [1.82, 2.24) is 0 Å². The third-order valence-corrected chi connectivity index (χ3v) is 4.89. The van der Waals surface area contributed by atoms with Gasteiger partial charge in [0.2, 0.25) is 4.74 Å². The Morgan fingerprint density at radius 1 is 1.05 bits per heavy atom. The summed E-state index contributed by atoms with van der Waals surface area (Å²) in [6.07, 6.45) is 0.0797. The van der Waals surface area contributed by atoms with E-state index in [0.29, 0.717) is 15.6 Å². The number of carbonyl (C=O) groups is 1. The molecule has 3 aromatic rings. The van der Waals surface area contributed by atoms with Crippen molar-refractivity contribution in [1.29, 1.82) is 0 Å². The van der Waals surface area contributed by atoms with Gasteiger partial charge in [-0.2, -0.15) is 0 Å². The maximum atomic E-state index is 12.4. The fourth-order valence-corrected chi connectivity index (χ4v) is 3.54. The maximum absolute atomic E-state index is 12.4. The standard InChI is InChI=1S/C17H10Cl2O2S/c18-12-6-5-10(14(19)9-12)8-15(20)13-7-11-3-1-2-4-16(11)22-17(13)21/h1-7,9H,8H2. The number of Topliss-reactive ketones (excluding diaryl/α,β-unsaturated/α-hetero) is 1. The number of rotatable bonds is 3. The largest absolute Gasteiger partial charge is 0.294 e. The molecule has 0 aliphatic heterocycles. The Balaban J connectivity index is 1.98. The van der Waals surface area contributed by atoms with E-state index >= 15 is 0 Å². The lowest BCUT2D eigenvalue weighted by Gasteiger charge is -2.05. The Kier molecular flexibility index (Phi) is 4.30. The third-order valence-electron chi connectivity index (χ3n) is 3.31. The minimum Gasteiger partial charge on any atom is -0.294 e. The first-order valence-corrected chi connectivity index (χ1v) is 8.12. The zero-order valence-electron chi connectivity index (χ0n) is 11.3. The van der Waals surface area contributed by atoms with E-state index < -0.39 is 0 Å². The summed E-state index contributed by atoms with van der Waals surface area (Å²) in [4.78, 5) is 24.6. The van der Waals surface area contributed by atoms with Gasteiger partial charge in [-0.25, -0.2) is 0 Å². The van der Waals surface area contributed by atoms with Gasteiger partial charge < -0.3 is 0 Å². The molecule has 3 rings (SSSR count). The lowest BCUT2D eigenvalue weighted by molar-refractivity contribution is 0.0992. The van der Waals surface area contributed by atoms with Crippen LogP contribution in [0.25, 0.3) is 10.1 Å². The fraction of sp³-hybridized carbons (Fsp3) is 0.0588. The molecular weight excluding hydrogens is 339 g/mol. The van der Waals surface area contributed by atoms with E-state index in [-0.39, 0.29) is 22.5 Å². The highest BCUT2D eigenvalue weighted by Crippen LogP contribution is 2.23. The first-order valence-electron chi connectivity index (χ1n) is 6.54. The number of fused-ring (bicyclic) bond motifs is 1. The van der Waals surface area contributed by atoms with Gasteiger partial charge in [0.1, 0.15) is 0 Å². The van der Waals surface area contributed by atoms with Gasteiger partial charge in [0.15, 0.2) is 5.78 Å². The molecule has 0 aliphatic rings. The highest BCUT2D eigenvalue weighted by Gasteiger charge is 2.14. The van der Waals surface area contributed by atoms with Crippen molar-refractivity contribution >= 4 is 50.4 Å². The van der Waals surface area contributed by atoms with E-state index in [0.717, 1.165) is 21.4 Å². The van der Waals surface area contributed by atoms with Gasteiger partial charge in [0, 0.05) is 21.2 Å². The number of hydrogen-bond donors (Lipinski definition) is 0. The van der Waals surface area contributed by atoms with Gasteiger partial charge in [-0.15, -0.1) is 0 Å². The lowest BCUT2D eigenvalue weighted by Crippen LogP contribution is -2.14. The smallest absolute Gasteiger partial charge is 0.243 e. The summed E-state index contributed by atoms with van der Waals surface area (Å²) in [6, 6.07) is 14.1. The second-order valence-corrected chi connectivity index (χ2v) is 6.68. The Morgan fingerprint density at radius 2 is 1.82 bits per heavy atom. The zero-order valence-corrected chi connectivity index (χ0v) is 13.6. The van der Waals surface area contributed by atoms with Crippen molar-refractivity contribution < 1.29 is 4.79 Å². The van der Waals surface area contributed by atoms with Crippen molar-refractivity contribution in [2.75, 3.05) is 0 Å². The van der Waals surface area contributed by atoms with Gasteiger partial charge in [-0.3, -0.25) is 9.59 Å². The van der Waals surface area contributed by atoms with E-state index in [1.165, 1.54) is 0 Å². The predicted octanol–water partition coefficient (Wildman–Crippen LogP) is 4.99. The molecule has 2 aromatic carbocycles. The molecule has 0 bridgehead atoms. The SMILES string of the molecule is O=C(Cc1ccc(Cl)cc1Cl)c1cc2ccccc2sc1=O. The summed E-state index contributed by atoms with van der Waals surface area (Å²) < 4.78 is 0.641. The molecule has 0 spiro atoms. The highest BCUT2D eigenvalue weighted by atomic mass is 35.5. The molecule has 0 amide bonds. The summed E-state index contributed by atoms with van der Waals surface area (Å²) in [5, 5.41) is 1.83. The molecule has 0 saturated heterocycles. The normalized spacial score (nSPS) is 10.8. The van der Waals surface area contributed by atoms with Gasteiger partial charge in [-0.1, -0.05) is 58.8 Å². The van der Waals surface area contributed by atoms with Crippen LogP contribution in [0.2, 0.25) is 10.0 Å². The van der Waals surface area contributed by atoms with Crippen LogP contribution in [0.5, 0.6) is 0 Å². The molecule has 0 unspecified atom stereocenters. The molecule has 0 aliphatic carbocycles. The zero-order chi connectivity index (χ0) is 15.7. The third kappa shape index (κ3) is 3.07. The topological polar surface area (TPSA) is 34.1 Å². The molecule has 0 saturated carbocycles. The molecule has 110 valence electrons. The van der Waals surface area contributed by atoms with Crippen molar-refractivity contribution in [2.24, 2.45) is 0 Å². The Bertz CT molecular complexity index is 931. The summed E-state index contributed by atoms with van der Waals surface area (Å²) in [7, 11) is 0. The first-order chi connectivity index (χ1) is 10.5. The van der Waals surface area contributed by atoms with E-state index in [2.05, 4.69) is 0 Å². The van der Waals surface area contributed by atoms with Crippen LogP contribution in [-0.2, 0) is 6.42 Å². The summed E-state index contributed by atoms with van der Waals surface area (Å²) >= 11 is 13.0. The van der Waals surface area contributed by atoms with Crippen LogP contribution in [0.1, 0.15) is 15.9 Å². The lowest BCUT2D eigenvalue weighted by atomic mass is 10.0. The predicted molar refractivity (Wildman–Crippen MR) is 92.6 cm³/mol. The van der Waals surface area contributed by atoms with Gasteiger partial charge in [-0.05, 0) is 35.2 Å².